The minimum absolute atomic E-state index is 0.141. The number of carbonyl (C=O) groups is 1. The highest BCUT2D eigenvalue weighted by molar-refractivity contribution is 6.30. The normalized spacial score (nSPS) is 9.70. The van der Waals surface area contributed by atoms with Crippen molar-refractivity contribution < 1.29 is 9.90 Å². The van der Waals surface area contributed by atoms with Gasteiger partial charge < -0.3 is 10.1 Å². The smallest absolute Gasteiger partial charge is 0.421 e. The Labute approximate surface area is 59.9 Å². The summed E-state index contributed by atoms with van der Waals surface area (Å²) in [5.74, 6) is 0. The van der Waals surface area contributed by atoms with E-state index in [1.807, 2.05) is 0 Å². The van der Waals surface area contributed by atoms with Crippen LogP contribution in [0.4, 0.5) is 4.79 Å². The minimum atomic E-state index is -1.39. The molecule has 1 rings (SSSR count). The van der Waals surface area contributed by atoms with Crippen LogP contribution in [0.3, 0.4) is 0 Å². The molecule has 54 valence electrons. The molecule has 0 aliphatic carbocycles. The summed E-state index contributed by atoms with van der Waals surface area (Å²) in [6, 6.07) is 0. The van der Waals surface area contributed by atoms with Crippen molar-refractivity contribution in [1.29, 1.82) is 0 Å². The standard InChI is InChI=1S/C4H3ClN2O3/c5-2-1-6-3(8)7(2)4(9)10/h1H,(H,6,8)(H,9,10). The van der Waals surface area contributed by atoms with Gasteiger partial charge in [-0.25, -0.2) is 9.59 Å². The Hall–Kier alpha value is -1.23. The maximum absolute atomic E-state index is 10.5. The van der Waals surface area contributed by atoms with E-state index >= 15 is 0 Å². The Morgan fingerprint density at radius 3 is 2.60 bits per heavy atom. The van der Waals surface area contributed by atoms with Crippen molar-refractivity contribution in [2.75, 3.05) is 0 Å². The maximum Gasteiger partial charge on any atom is 0.421 e. The highest BCUT2D eigenvalue weighted by Crippen LogP contribution is 2.01. The number of halogens is 1. The molecule has 0 spiro atoms. The first-order chi connectivity index (χ1) is 4.63. The fourth-order valence-corrected chi connectivity index (χ4v) is 0.729. The third-order valence-electron chi connectivity index (χ3n) is 0.923. The molecule has 0 aliphatic heterocycles. The molecule has 10 heavy (non-hydrogen) atoms. The molecule has 0 unspecified atom stereocenters. The van der Waals surface area contributed by atoms with Gasteiger partial charge in [0.25, 0.3) is 0 Å². The van der Waals surface area contributed by atoms with Crippen LogP contribution >= 0.6 is 11.6 Å². The second-order valence-electron chi connectivity index (χ2n) is 1.53. The molecule has 0 atom stereocenters. The fourth-order valence-electron chi connectivity index (χ4n) is 0.526. The van der Waals surface area contributed by atoms with Crippen molar-refractivity contribution in [2.45, 2.75) is 0 Å². The molecule has 0 bridgehead atoms. The van der Waals surface area contributed by atoms with Gasteiger partial charge in [0.2, 0.25) is 0 Å². The summed E-state index contributed by atoms with van der Waals surface area (Å²) in [7, 11) is 0. The number of rotatable bonds is 0. The zero-order valence-electron chi connectivity index (χ0n) is 4.67. The van der Waals surface area contributed by atoms with Gasteiger partial charge in [0.05, 0.1) is 0 Å². The van der Waals surface area contributed by atoms with Crippen molar-refractivity contribution in [2.24, 2.45) is 0 Å². The lowest BCUT2D eigenvalue weighted by atomic mass is 10.9. The van der Waals surface area contributed by atoms with E-state index < -0.39 is 11.8 Å². The number of imidazole rings is 1. The van der Waals surface area contributed by atoms with E-state index in [0.717, 1.165) is 6.20 Å². The molecule has 0 aliphatic rings. The zero-order valence-corrected chi connectivity index (χ0v) is 5.42. The molecule has 0 radical (unpaired) electrons. The second-order valence-corrected chi connectivity index (χ2v) is 1.92. The molecule has 0 amide bonds. The molecular formula is C4H3ClN2O3. The maximum atomic E-state index is 10.5. The number of H-pyrrole nitrogens is 1. The van der Waals surface area contributed by atoms with E-state index in [1.165, 1.54) is 0 Å². The summed E-state index contributed by atoms with van der Waals surface area (Å²) in [6.45, 7) is 0. The van der Waals surface area contributed by atoms with Crippen LogP contribution in [0.5, 0.6) is 0 Å². The van der Waals surface area contributed by atoms with Crippen LogP contribution < -0.4 is 5.69 Å². The van der Waals surface area contributed by atoms with Crippen molar-refractivity contribution in [1.82, 2.24) is 9.55 Å². The Morgan fingerprint density at radius 1 is 1.80 bits per heavy atom. The molecule has 0 saturated heterocycles. The van der Waals surface area contributed by atoms with E-state index in [-0.39, 0.29) is 5.15 Å². The highest BCUT2D eigenvalue weighted by atomic mass is 35.5. The summed E-state index contributed by atoms with van der Waals surface area (Å²) in [4.78, 5) is 22.8. The lowest BCUT2D eigenvalue weighted by Gasteiger charge is -1.89. The van der Waals surface area contributed by atoms with Crippen molar-refractivity contribution >= 4 is 17.7 Å². The molecule has 5 nitrogen and oxygen atoms in total. The molecule has 6 heteroatoms. The number of nitrogens with zero attached hydrogens (tertiary/aromatic N) is 1. The van der Waals surface area contributed by atoms with E-state index in [4.69, 9.17) is 16.7 Å². The number of aromatic amines is 1. The minimum Gasteiger partial charge on any atom is -0.464 e. The first-order valence-electron chi connectivity index (χ1n) is 2.32. The van der Waals surface area contributed by atoms with Gasteiger partial charge in [0.1, 0.15) is 5.15 Å². The van der Waals surface area contributed by atoms with Gasteiger partial charge in [-0.1, -0.05) is 11.6 Å². The number of aromatic nitrogens is 2. The summed E-state index contributed by atoms with van der Waals surface area (Å²) < 4.78 is 0.404. The number of nitrogens with one attached hydrogen (secondary N) is 1. The van der Waals surface area contributed by atoms with Crippen LogP contribution in [-0.4, -0.2) is 20.8 Å². The predicted octanol–water partition coefficient (Wildman–Crippen LogP) is 0.356. The van der Waals surface area contributed by atoms with Gasteiger partial charge in [0, 0.05) is 6.20 Å². The summed E-state index contributed by atoms with van der Waals surface area (Å²) in [6.07, 6.45) is -0.283. The summed E-state index contributed by atoms with van der Waals surface area (Å²) >= 11 is 5.29. The first kappa shape index (κ1) is 6.88. The Morgan fingerprint density at radius 2 is 2.40 bits per heavy atom. The topological polar surface area (TPSA) is 75.1 Å². The second kappa shape index (κ2) is 2.18. The Balaban J connectivity index is 3.37. The first-order valence-corrected chi connectivity index (χ1v) is 2.70. The van der Waals surface area contributed by atoms with E-state index in [0.29, 0.717) is 4.57 Å². The number of hydrogen-bond donors (Lipinski definition) is 2. The average Bonchev–Trinajstić information content (AvgIpc) is 2.11. The van der Waals surface area contributed by atoms with E-state index in [2.05, 4.69) is 4.98 Å². The van der Waals surface area contributed by atoms with Crippen molar-refractivity contribution in [3.05, 3.63) is 21.8 Å². The fraction of sp³-hybridized carbons (Fsp3) is 0. The van der Waals surface area contributed by atoms with Crippen LogP contribution in [0.25, 0.3) is 0 Å². The van der Waals surface area contributed by atoms with Gasteiger partial charge in [-0.15, -0.1) is 0 Å². The number of hydrogen-bond acceptors (Lipinski definition) is 2. The highest BCUT2D eigenvalue weighted by Gasteiger charge is 2.08. The molecule has 0 fully saturated rings. The van der Waals surface area contributed by atoms with Crippen molar-refractivity contribution in [3.63, 3.8) is 0 Å². The Kier molecular flexibility index (Phi) is 1.50. The molecule has 0 aromatic carbocycles. The van der Waals surface area contributed by atoms with E-state index in [1.54, 1.807) is 0 Å². The van der Waals surface area contributed by atoms with Gasteiger partial charge in [-0.2, -0.15) is 4.57 Å². The van der Waals surface area contributed by atoms with Gasteiger partial charge in [-0.05, 0) is 0 Å². The van der Waals surface area contributed by atoms with Gasteiger partial charge >= 0.3 is 11.8 Å². The van der Waals surface area contributed by atoms with E-state index in [9.17, 15) is 9.59 Å². The van der Waals surface area contributed by atoms with Crippen LogP contribution in [0, 0.1) is 0 Å². The molecule has 1 aromatic heterocycles. The third kappa shape index (κ3) is 0.906. The third-order valence-corrected chi connectivity index (χ3v) is 1.20. The SMILES string of the molecule is O=C(O)n1c(Cl)c[nH]c1=O. The Bertz CT molecular complexity index is 313. The van der Waals surface area contributed by atoms with Crippen LogP contribution in [0.2, 0.25) is 5.15 Å². The molecule has 0 saturated carbocycles. The average molecular weight is 163 g/mol. The lowest BCUT2D eigenvalue weighted by molar-refractivity contribution is 0.195. The van der Waals surface area contributed by atoms with Crippen LogP contribution in [0.1, 0.15) is 0 Å². The molecular weight excluding hydrogens is 160 g/mol. The largest absolute Gasteiger partial charge is 0.464 e. The lowest BCUT2D eigenvalue weighted by Crippen LogP contribution is -2.22. The molecule has 1 aromatic rings. The van der Waals surface area contributed by atoms with Gasteiger partial charge in [0.15, 0.2) is 0 Å². The summed E-state index contributed by atoms with van der Waals surface area (Å²) in [5, 5.41) is 8.15. The monoisotopic (exact) mass is 162 g/mol. The quantitative estimate of drug-likeness (QED) is 0.578. The number of carboxylic acid groups (broad SMARTS) is 1. The molecule has 1 heterocycles. The van der Waals surface area contributed by atoms with Crippen LogP contribution in [-0.2, 0) is 0 Å². The van der Waals surface area contributed by atoms with Crippen molar-refractivity contribution in [3.8, 4) is 0 Å². The predicted molar refractivity (Wildman–Crippen MR) is 33.5 cm³/mol. The van der Waals surface area contributed by atoms with Crippen LogP contribution in [0.15, 0.2) is 11.0 Å². The molecule has 2 N–H and O–H groups in total. The zero-order chi connectivity index (χ0) is 7.72. The van der Waals surface area contributed by atoms with Gasteiger partial charge in [-0.3, -0.25) is 0 Å². The summed E-state index contributed by atoms with van der Waals surface area (Å²) in [5.41, 5.74) is -0.752.